The Morgan fingerprint density at radius 3 is 2.36 bits per heavy atom. The van der Waals surface area contributed by atoms with Gasteiger partial charge in [0, 0.05) is 17.2 Å². The Labute approximate surface area is 137 Å². The largest absolute Gasteiger partial charge is 0.340 e. The summed E-state index contributed by atoms with van der Waals surface area (Å²) in [5.74, 6) is 0.682. The number of nitrogens with zero attached hydrogens (tertiary/aromatic N) is 2. The lowest BCUT2D eigenvalue weighted by molar-refractivity contribution is 0.588. The van der Waals surface area contributed by atoms with Crippen LogP contribution >= 0.6 is 18.7 Å². The highest BCUT2D eigenvalue weighted by Crippen LogP contribution is 2.34. The molecule has 0 aliphatic rings. The summed E-state index contributed by atoms with van der Waals surface area (Å²) in [7, 11) is -2.24. The molecule has 0 unspecified atom stereocenters. The topological polar surface area (TPSA) is 53.8 Å². The van der Waals surface area contributed by atoms with Crippen molar-refractivity contribution in [3.05, 3.63) is 35.7 Å². The molecule has 0 saturated carbocycles. The summed E-state index contributed by atoms with van der Waals surface area (Å²) in [6, 6.07) is 7.53. The molecule has 120 valence electrons. The van der Waals surface area contributed by atoms with E-state index in [4.69, 9.17) is 11.6 Å². The van der Waals surface area contributed by atoms with Gasteiger partial charge in [-0.25, -0.2) is 9.98 Å². The van der Waals surface area contributed by atoms with Crippen molar-refractivity contribution in [2.75, 3.05) is 18.6 Å². The van der Waals surface area contributed by atoms with Crippen molar-refractivity contribution in [2.45, 2.75) is 27.2 Å². The molecule has 22 heavy (non-hydrogen) atoms. The molecule has 0 fully saturated rings. The molecule has 0 spiro atoms. The molecule has 1 aromatic carbocycles. The van der Waals surface area contributed by atoms with Crippen LogP contribution in [0.4, 0.5) is 5.69 Å². The Balaban J connectivity index is 3.06. The van der Waals surface area contributed by atoms with Crippen LogP contribution in [0.5, 0.6) is 0 Å². The molecule has 0 aromatic heterocycles. The zero-order chi connectivity index (χ0) is 16.8. The zero-order valence-corrected chi connectivity index (χ0v) is 15.4. The predicted molar refractivity (Wildman–Crippen MR) is 99.6 cm³/mol. The van der Waals surface area contributed by atoms with Crippen molar-refractivity contribution < 1.29 is 4.57 Å². The van der Waals surface area contributed by atoms with Crippen molar-refractivity contribution >= 4 is 41.2 Å². The van der Waals surface area contributed by atoms with E-state index in [2.05, 4.69) is 22.2 Å². The first-order valence-electron chi connectivity index (χ1n) is 7.13. The van der Waals surface area contributed by atoms with E-state index in [1.54, 1.807) is 26.5 Å². The zero-order valence-electron chi connectivity index (χ0n) is 13.7. The maximum Gasteiger partial charge on any atom is 0.223 e. The van der Waals surface area contributed by atoms with E-state index in [0.29, 0.717) is 5.82 Å². The van der Waals surface area contributed by atoms with Gasteiger partial charge in [-0.05, 0) is 75.0 Å². The first kappa shape index (κ1) is 18.7. The van der Waals surface area contributed by atoms with Crippen LogP contribution in [-0.2, 0) is 4.57 Å². The maximum absolute atomic E-state index is 12.0. The fourth-order valence-corrected chi connectivity index (χ4v) is 2.71. The Morgan fingerprint density at radius 1 is 1.32 bits per heavy atom. The highest BCUT2D eigenvalue weighted by Gasteiger charge is 2.10. The lowest BCUT2D eigenvalue weighted by Crippen LogP contribution is -2.05. The molecule has 1 rings (SSSR count). The summed E-state index contributed by atoms with van der Waals surface area (Å²) in [6.07, 6.45) is 2.45. The molecule has 0 aliphatic carbocycles. The molecule has 0 bridgehead atoms. The van der Waals surface area contributed by atoms with Crippen LogP contribution in [0, 0.1) is 0 Å². The SMILES string of the molecule is C\C=N/C(Cl)=N\C(Nc1ccc(P(C)(C)=O)cc1)=C(/C)CC. The number of allylic oxidation sites excluding steroid dienone is 1. The molecule has 0 atom stereocenters. The molecular formula is C16H23ClN3OP. The van der Waals surface area contributed by atoms with Crippen molar-refractivity contribution in [3.63, 3.8) is 0 Å². The summed E-state index contributed by atoms with van der Waals surface area (Å²) >= 11 is 5.97. The van der Waals surface area contributed by atoms with Crippen LogP contribution < -0.4 is 10.6 Å². The lowest BCUT2D eigenvalue weighted by Gasteiger charge is -2.12. The average molecular weight is 340 g/mol. The molecule has 1 N–H and O–H groups in total. The van der Waals surface area contributed by atoms with Gasteiger partial charge in [0.15, 0.2) is 0 Å². The number of hydrogen-bond donors (Lipinski definition) is 1. The summed E-state index contributed by atoms with van der Waals surface area (Å²) in [5, 5.41) is 4.28. The third-order valence-corrected chi connectivity index (χ3v) is 4.85. The van der Waals surface area contributed by atoms with Gasteiger partial charge < -0.3 is 9.88 Å². The highest BCUT2D eigenvalue weighted by atomic mass is 35.5. The van der Waals surface area contributed by atoms with E-state index in [1.807, 2.05) is 31.2 Å². The van der Waals surface area contributed by atoms with Crippen LogP contribution in [0.15, 0.2) is 45.6 Å². The molecule has 0 radical (unpaired) electrons. The van der Waals surface area contributed by atoms with Crippen LogP contribution in [0.25, 0.3) is 0 Å². The first-order chi connectivity index (χ1) is 10.3. The highest BCUT2D eigenvalue weighted by molar-refractivity contribution is 7.70. The average Bonchev–Trinajstić information content (AvgIpc) is 2.45. The van der Waals surface area contributed by atoms with E-state index in [9.17, 15) is 4.57 Å². The molecular weight excluding hydrogens is 317 g/mol. The molecule has 0 amide bonds. The summed E-state index contributed by atoms with van der Waals surface area (Å²) in [6.45, 7) is 9.35. The van der Waals surface area contributed by atoms with Crippen LogP contribution in [-0.4, -0.2) is 24.8 Å². The monoisotopic (exact) mass is 339 g/mol. The number of anilines is 1. The quantitative estimate of drug-likeness (QED) is 0.366. The lowest BCUT2D eigenvalue weighted by atomic mass is 10.2. The number of hydrogen-bond acceptors (Lipinski definition) is 3. The Hall–Kier alpha value is -1.38. The van der Waals surface area contributed by atoms with Gasteiger partial charge >= 0.3 is 0 Å². The second kappa shape index (κ2) is 8.30. The fraction of sp³-hybridized carbons (Fsp3) is 0.375. The van der Waals surface area contributed by atoms with E-state index in [-0.39, 0.29) is 5.29 Å². The Morgan fingerprint density at radius 2 is 1.91 bits per heavy atom. The minimum atomic E-state index is -2.24. The number of aliphatic imine (C=N–C) groups is 2. The van der Waals surface area contributed by atoms with Gasteiger partial charge in [-0.2, -0.15) is 0 Å². The van der Waals surface area contributed by atoms with Crippen molar-refractivity contribution in [1.82, 2.24) is 0 Å². The number of nitrogens with one attached hydrogen (secondary N) is 1. The van der Waals surface area contributed by atoms with Gasteiger partial charge in [-0.15, -0.1) is 0 Å². The normalized spacial score (nSPS) is 14.2. The van der Waals surface area contributed by atoms with E-state index in [0.717, 1.165) is 23.0 Å². The molecule has 4 nitrogen and oxygen atoms in total. The number of rotatable bonds is 5. The van der Waals surface area contributed by atoms with Gasteiger partial charge in [-0.1, -0.05) is 6.92 Å². The van der Waals surface area contributed by atoms with Gasteiger partial charge in [0.25, 0.3) is 0 Å². The molecule has 6 heteroatoms. The minimum absolute atomic E-state index is 0.182. The van der Waals surface area contributed by atoms with Crippen LogP contribution in [0.3, 0.4) is 0 Å². The van der Waals surface area contributed by atoms with E-state index < -0.39 is 7.14 Å². The Kier molecular flexibility index (Phi) is 7.05. The number of halogens is 1. The number of benzene rings is 1. The van der Waals surface area contributed by atoms with E-state index >= 15 is 0 Å². The molecule has 1 aromatic rings. The fourth-order valence-electron chi connectivity index (χ4n) is 1.67. The summed E-state index contributed by atoms with van der Waals surface area (Å²) < 4.78 is 12.0. The summed E-state index contributed by atoms with van der Waals surface area (Å²) in [4.78, 5) is 8.25. The predicted octanol–water partition coefficient (Wildman–Crippen LogP) is 4.67. The molecule has 0 heterocycles. The van der Waals surface area contributed by atoms with E-state index in [1.165, 1.54) is 0 Å². The van der Waals surface area contributed by atoms with Crippen LogP contribution in [0.2, 0.25) is 0 Å². The summed E-state index contributed by atoms with van der Waals surface area (Å²) in [5.41, 5.74) is 1.94. The van der Waals surface area contributed by atoms with Gasteiger partial charge in [0.2, 0.25) is 5.29 Å². The van der Waals surface area contributed by atoms with Gasteiger partial charge in [0.05, 0.1) is 0 Å². The second-order valence-electron chi connectivity index (χ2n) is 5.27. The third-order valence-electron chi connectivity index (χ3n) is 3.13. The van der Waals surface area contributed by atoms with Gasteiger partial charge in [-0.3, -0.25) is 0 Å². The second-order valence-corrected chi connectivity index (χ2v) is 8.83. The number of amidine groups is 1. The van der Waals surface area contributed by atoms with Crippen LogP contribution in [0.1, 0.15) is 27.2 Å². The standard InChI is InChI=1S/C16H23ClN3OP/c1-6-12(3)15(20-16(17)18-7-2)19-13-8-10-14(11-9-13)22(4,5)21/h7-11,19H,6H2,1-5H3/b15-12+,18-7-,20-16-. The first-order valence-corrected chi connectivity index (χ1v) is 10.1. The molecule has 0 saturated heterocycles. The molecule has 0 aliphatic heterocycles. The van der Waals surface area contributed by atoms with Crippen molar-refractivity contribution in [1.29, 1.82) is 0 Å². The Bertz CT molecular complexity index is 642. The van der Waals surface area contributed by atoms with Crippen molar-refractivity contribution in [2.24, 2.45) is 9.98 Å². The smallest absolute Gasteiger partial charge is 0.223 e. The minimum Gasteiger partial charge on any atom is -0.340 e. The van der Waals surface area contributed by atoms with Crippen molar-refractivity contribution in [3.8, 4) is 0 Å². The van der Waals surface area contributed by atoms with Gasteiger partial charge in [0.1, 0.15) is 13.0 Å². The maximum atomic E-state index is 12.0. The third kappa shape index (κ3) is 5.78.